The van der Waals surface area contributed by atoms with Crippen molar-refractivity contribution in [2.24, 2.45) is 0 Å². The first-order chi connectivity index (χ1) is 19.3. The molecule has 0 saturated carbocycles. The van der Waals surface area contributed by atoms with Gasteiger partial charge in [0, 0.05) is 12.1 Å². The van der Waals surface area contributed by atoms with Gasteiger partial charge < -0.3 is 5.11 Å². The van der Waals surface area contributed by atoms with E-state index in [1.807, 2.05) is 0 Å². The third-order valence-electron chi connectivity index (χ3n) is 6.84. The smallest absolute Gasteiger partial charge is 0.369 e. The number of fused-ring (bicyclic) bond motifs is 1. The summed E-state index contributed by atoms with van der Waals surface area (Å²) in [6, 6.07) is 9.55. The number of benzene rings is 3. The van der Waals surface area contributed by atoms with Crippen LogP contribution in [-0.4, -0.2) is 46.9 Å². The number of anilines is 1. The number of rotatable bonds is 7. The maximum absolute atomic E-state index is 13.8. The number of aliphatic hydroxyl groups is 1. The van der Waals surface area contributed by atoms with Gasteiger partial charge in [0.05, 0.1) is 21.5 Å². The monoisotopic (exact) mass is 640 g/mol. The Bertz CT molecular complexity index is 1660. The van der Waals surface area contributed by atoms with Crippen molar-refractivity contribution in [3.05, 3.63) is 89.2 Å². The lowest BCUT2D eigenvalue weighted by atomic mass is 9.88. The van der Waals surface area contributed by atoms with Gasteiger partial charge in [0.1, 0.15) is 5.82 Å². The molecule has 1 aliphatic heterocycles. The van der Waals surface area contributed by atoms with E-state index in [1.165, 1.54) is 24.3 Å². The topological polar surface area (TPSA) is 104 Å². The zero-order valence-electron chi connectivity index (χ0n) is 21.5. The summed E-state index contributed by atoms with van der Waals surface area (Å²) in [6.07, 6.45) is -12.8. The van der Waals surface area contributed by atoms with Gasteiger partial charge in [-0.2, -0.15) is 26.3 Å². The molecule has 0 unspecified atom stereocenters. The Morgan fingerprint density at radius 3 is 1.95 bits per heavy atom. The second-order valence-corrected chi connectivity index (χ2v) is 13.2. The Balaban J connectivity index is 1.80. The molecule has 1 heterocycles. The third-order valence-corrected chi connectivity index (χ3v) is 10.2. The molecule has 0 fully saturated rings. The van der Waals surface area contributed by atoms with Gasteiger partial charge in [0.25, 0.3) is 15.6 Å². The van der Waals surface area contributed by atoms with Crippen LogP contribution in [-0.2, 0) is 32.1 Å². The SMILES string of the molecule is Cc1ccc(S(=O)(=O)N2c3ccc(C(O)(C(F)(F)F)C(F)(F)F)cc3CC[C@H]2CNS(=O)(=O)c2ccc(F)cc2)cc1. The molecular weight excluding hydrogens is 617 g/mol. The van der Waals surface area contributed by atoms with E-state index in [9.17, 15) is 52.7 Å². The van der Waals surface area contributed by atoms with Crippen molar-refractivity contribution >= 4 is 25.7 Å². The molecule has 3 aromatic carbocycles. The predicted molar refractivity (Wildman–Crippen MR) is 137 cm³/mol. The van der Waals surface area contributed by atoms with E-state index < -0.39 is 62.0 Å². The maximum atomic E-state index is 13.8. The van der Waals surface area contributed by atoms with Gasteiger partial charge in [-0.1, -0.05) is 29.8 Å². The highest BCUT2D eigenvalue weighted by molar-refractivity contribution is 7.93. The van der Waals surface area contributed by atoms with Crippen LogP contribution in [0.5, 0.6) is 0 Å². The van der Waals surface area contributed by atoms with Crippen molar-refractivity contribution in [2.75, 3.05) is 10.8 Å². The molecule has 42 heavy (non-hydrogen) atoms. The fraction of sp³-hybridized carbons (Fsp3) is 0.308. The fourth-order valence-electron chi connectivity index (χ4n) is 4.59. The van der Waals surface area contributed by atoms with E-state index in [-0.39, 0.29) is 33.9 Å². The minimum atomic E-state index is -6.15. The maximum Gasteiger partial charge on any atom is 0.430 e. The zero-order valence-corrected chi connectivity index (χ0v) is 23.2. The molecule has 4 rings (SSSR count). The van der Waals surface area contributed by atoms with Crippen LogP contribution in [0.1, 0.15) is 23.1 Å². The first-order valence-corrected chi connectivity index (χ1v) is 15.1. The van der Waals surface area contributed by atoms with Crippen LogP contribution in [0.4, 0.5) is 36.4 Å². The summed E-state index contributed by atoms with van der Waals surface area (Å²) in [4.78, 5) is -0.588. The quantitative estimate of drug-likeness (QED) is 0.357. The van der Waals surface area contributed by atoms with Gasteiger partial charge in [-0.25, -0.2) is 25.9 Å². The predicted octanol–water partition coefficient (Wildman–Crippen LogP) is 4.93. The summed E-state index contributed by atoms with van der Waals surface area (Å²) in [5, 5.41) is 9.86. The van der Waals surface area contributed by atoms with Crippen LogP contribution < -0.4 is 9.03 Å². The van der Waals surface area contributed by atoms with Crippen molar-refractivity contribution in [3.63, 3.8) is 0 Å². The van der Waals surface area contributed by atoms with Crippen LogP contribution in [0.25, 0.3) is 0 Å². The summed E-state index contributed by atoms with van der Waals surface area (Å²) in [5.41, 5.74) is -6.61. The van der Waals surface area contributed by atoms with Crippen LogP contribution in [0, 0.1) is 12.7 Å². The molecule has 0 bridgehead atoms. The van der Waals surface area contributed by atoms with Gasteiger partial charge in [-0.05, 0) is 67.8 Å². The van der Waals surface area contributed by atoms with E-state index in [0.29, 0.717) is 17.7 Å². The van der Waals surface area contributed by atoms with E-state index in [4.69, 9.17) is 0 Å². The Morgan fingerprint density at radius 2 is 1.40 bits per heavy atom. The van der Waals surface area contributed by atoms with E-state index in [2.05, 4.69) is 4.72 Å². The minimum absolute atomic E-state index is 0.218. The second-order valence-electron chi connectivity index (χ2n) is 9.66. The molecule has 228 valence electrons. The number of nitrogens with one attached hydrogen (secondary N) is 1. The summed E-state index contributed by atoms with van der Waals surface area (Å²) in [5.74, 6) is -0.699. The standard InChI is InChI=1S/C26H23F7N2O5S2/c1-16-2-9-22(10-3-16)42(39,40)35-20(15-34-41(37,38)21-11-6-19(27)7-12-21)8-4-17-14-18(5-13-23(17)35)24(36,25(28,29)30)26(31,32)33/h2-3,5-7,9-14,20,34,36H,4,8,15H2,1H3/t20-/m0/s1. The van der Waals surface area contributed by atoms with Crippen LogP contribution in [0.2, 0.25) is 0 Å². The zero-order chi connectivity index (χ0) is 31.3. The largest absolute Gasteiger partial charge is 0.430 e. The summed E-state index contributed by atoms with van der Waals surface area (Å²) < 4.78 is 151. The van der Waals surface area contributed by atoms with Gasteiger partial charge in [-0.15, -0.1) is 0 Å². The Kier molecular flexibility index (Phi) is 8.16. The van der Waals surface area contributed by atoms with Crippen molar-refractivity contribution < 1.29 is 52.7 Å². The highest BCUT2D eigenvalue weighted by Crippen LogP contribution is 2.51. The van der Waals surface area contributed by atoms with E-state index >= 15 is 0 Å². The first-order valence-electron chi connectivity index (χ1n) is 12.1. The normalized spacial score (nSPS) is 16.8. The average molecular weight is 641 g/mol. The molecule has 0 radical (unpaired) electrons. The van der Waals surface area contributed by atoms with Gasteiger partial charge >= 0.3 is 12.4 Å². The van der Waals surface area contributed by atoms with E-state index in [0.717, 1.165) is 34.6 Å². The molecule has 7 nitrogen and oxygen atoms in total. The molecular formula is C26H23F7N2O5S2. The minimum Gasteiger partial charge on any atom is -0.369 e. The highest BCUT2D eigenvalue weighted by atomic mass is 32.2. The Morgan fingerprint density at radius 1 is 0.857 bits per heavy atom. The Labute approximate surface area is 236 Å². The lowest BCUT2D eigenvalue weighted by Gasteiger charge is -2.39. The number of hydrogen-bond donors (Lipinski definition) is 2. The summed E-state index contributed by atoms with van der Waals surface area (Å²) in [6.45, 7) is 1.14. The van der Waals surface area contributed by atoms with Crippen LogP contribution >= 0.6 is 0 Å². The highest BCUT2D eigenvalue weighted by Gasteiger charge is 2.71. The molecule has 1 atom stereocenters. The van der Waals surface area contributed by atoms with Crippen molar-refractivity contribution in [3.8, 4) is 0 Å². The lowest BCUT2D eigenvalue weighted by molar-refractivity contribution is -0.376. The third kappa shape index (κ3) is 5.72. The molecule has 0 aromatic heterocycles. The van der Waals surface area contributed by atoms with Crippen molar-refractivity contribution in [1.82, 2.24) is 4.72 Å². The van der Waals surface area contributed by atoms with Crippen LogP contribution in [0.3, 0.4) is 0 Å². The van der Waals surface area contributed by atoms with E-state index in [1.54, 1.807) is 6.92 Å². The number of nitrogens with zero attached hydrogens (tertiary/aromatic N) is 1. The Hall–Kier alpha value is -3.21. The van der Waals surface area contributed by atoms with Gasteiger partial charge in [-0.3, -0.25) is 4.31 Å². The lowest BCUT2D eigenvalue weighted by Crippen LogP contribution is -2.54. The molecule has 0 aliphatic carbocycles. The molecule has 1 aliphatic rings. The first kappa shape index (κ1) is 31.7. The molecule has 2 N–H and O–H groups in total. The summed E-state index contributed by atoms with van der Waals surface area (Å²) >= 11 is 0. The van der Waals surface area contributed by atoms with Crippen molar-refractivity contribution in [2.45, 2.75) is 53.6 Å². The molecule has 3 aromatic rings. The molecule has 16 heteroatoms. The average Bonchev–Trinajstić information content (AvgIpc) is 2.90. The van der Waals surface area contributed by atoms with Crippen LogP contribution in [0.15, 0.2) is 76.5 Å². The summed E-state index contributed by atoms with van der Waals surface area (Å²) in [7, 11) is -8.82. The van der Waals surface area contributed by atoms with Gasteiger partial charge in [0.15, 0.2) is 0 Å². The fourth-order valence-corrected chi connectivity index (χ4v) is 7.38. The second kappa shape index (κ2) is 10.8. The van der Waals surface area contributed by atoms with Gasteiger partial charge in [0.2, 0.25) is 10.0 Å². The number of aryl methyl sites for hydroxylation is 2. The number of hydrogen-bond acceptors (Lipinski definition) is 5. The number of alkyl halides is 6. The molecule has 0 amide bonds. The van der Waals surface area contributed by atoms with Crippen molar-refractivity contribution in [1.29, 1.82) is 0 Å². The number of halogens is 7. The molecule has 0 saturated heterocycles. The molecule has 0 spiro atoms. The number of sulfonamides is 2.